The van der Waals surface area contributed by atoms with Gasteiger partial charge in [0.1, 0.15) is 12.4 Å². The Labute approximate surface area is 151 Å². The SMILES string of the molecule is CC.Cc1ccc(OCc2ccccc2)c2c(CCN(C)C)c[nH]c12. The second kappa shape index (κ2) is 9.28. The molecule has 0 unspecified atom stereocenters. The van der Waals surface area contributed by atoms with Gasteiger partial charge in [-0.25, -0.2) is 0 Å². The number of nitrogens with zero attached hydrogens (tertiary/aromatic N) is 1. The van der Waals surface area contributed by atoms with E-state index in [1.165, 1.54) is 27.6 Å². The van der Waals surface area contributed by atoms with Crippen molar-refractivity contribution in [3.05, 3.63) is 65.4 Å². The third-order valence-corrected chi connectivity index (χ3v) is 4.15. The number of benzene rings is 2. The van der Waals surface area contributed by atoms with E-state index < -0.39 is 0 Å². The standard InChI is InChI=1S/C20H24N2O.C2H6/c1-15-9-10-18(23-14-16-7-5-4-6-8-16)19-17(11-12-22(2)3)13-21-20(15)19;1-2/h4-10,13,21H,11-12,14H2,1-3H3;1-2H3. The van der Waals surface area contributed by atoms with Crippen molar-refractivity contribution < 1.29 is 4.74 Å². The number of ether oxygens (including phenoxy) is 1. The summed E-state index contributed by atoms with van der Waals surface area (Å²) >= 11 is 0. The van der Waals surface area contributed by atoms with Crippen LogP contribution in [-0.4, -0.2) is 30.5 Å². The highest BCUT2D eigenvalue weighted by atomic mass is 16.5. The summed E-state index contributed by atoms with van der Waals surface area (Å²) in [5, 5.41) is 1.22. The second-order valence-electron chi connectivity index (χ2n) is 6.27. The van der Waals surface area contributed by atoms with Gasteiger partial charge in [0.15, 0.2) is 0 Å². The number of H-pyrrole nitrogens is 1. The number of aromatic nitrogens is 1. The van der Waals surface area contributed by atoms with Gasteiger partial charge in [0.25, 0.3) is 0 Å². The molecule has 0 spiro atoms. The highest BCUT2D eigenvalue weighted by Gasteiger charge is 2.12. The summed E-state index contributed by atoms with van der Waals surface area (Å²) in [4.78, 5) is 5.63. The van der Waals surface area contributed by atoms with Gasteiger partial charge in [-0.1, -0.05) is 50.2 Å². The Morgan fingerprint density at radius 2 is 1.72 bits per heavy atom. The van der Waals surface area contributed by atoms with Gasteiger partial charge in [0, 0.05) is 18.1 Å². The van der Waals surface area contributed by atoms with Crippen LogP contribution in [0.5, 0.6) is 5.75 Å². The minimum Gasteiger partial charge on any atom is -0.488 e. The van der Waals surface area contributed by atoms with Crippen LogP contribution in [0.1, 0.15) is 30.5 Å². The van der Waals surface area contributed by atoms with Gasteiger partial charge in [-0.2, -0.15) is 0 Å². The summed E-state index contributed by atoms with van der Waals surface area (Å²) in [6.07, 6.45) is 3.13. The Bertz CT molecular complexity index is 775. The van der Waals surface area contributed by atoms with E-state index >= 15 is 0 Å². The van der Waals surface area contributed by atoms with Gasteiger partial charge in [-0.15, -0.1) is 0 Å². The largest absolute Gasteiger partial charge is 0.488 e. The molecule has 0 aliphatic carbocycles. The summed E-state index contributed by atoms with van der Waals surface area (Å²) in [7, 11) is 4.21. The van der Waals surface area contributed by atoms with Crippen LogP contribution >= 0.6 is 0 Å². The van der Waals surface area contributed by atoms with Crippen molar-refractivity contribution in [1.29, 1.82) is 0 Å². The average molecular weight is 338 g/mol. The molecular weight excluding hydrogens is 308 g/mol. The Morgan fingerprint density at radius 3 is 2.40 bits per heavy atom. The molecule has 0 radical (unpaired) electrons. The molecule has 3 heteroatoms. The first kappa shape index (κ1) is 19.1. The average Bonchev–Trinajstić information content (AvgIpc) is 3.07. The smallest absolute Gasteiger partial charge is 0.129 e. The van der Waals surface area contributed by atoms with Gasteiger partial charge in [-0.05, 0) is 50.2 Å². The summed E-state index contributed by atoms with van der Waals surface area (Å²) in [5.41, 5.74) is 4.94. The lowest BCUT2D eigenvalue weighted by atomic mass is 10.1. The molecule has 0 aliphatic heterocycles. The molecule has 0 bridgehead atoms. The zero-order valence-corrected chi connectivity index (χ0v) is 16.1. The first-order chi connectivity index (χ1) is 12.1. The second-order valence-corrected chi connectivity index (χ2v) is 6.27. The highest BCUT2D eigenvalue weighted by Crippen LogP contribution is 2.32. The number of aromatic amines is 1. The summed E-state index contributed by atoms with van der Waals surface area (Å²) in [5.74, 6) is 0.962. The van der Waals surface area contributed by atoms with E-state index in [9.17, 15) is 0 Å². The monoisotopic (exact) mass is 338 g/mol. The van der Waals surface area contributed by atoms with E-state index in [2.05, 4.69) is 61.4 Å². The molecule has 0 saturated carbocycles. The van der Waals surface area contributed by atoms with Crippen molar-refractivity contribution in [2.75, 3.05) is 20.6 Å². The Hall–Kier alpha value is -2.26. The summed E-state index contributed by atoms with van der Waals surface area (Å²) < 4.78 is 6.13. The van der Waals surface area contributed by atoms with E-state index in [0.29, 0.717) is 6.61 Å². The lowest BCUT2D eigenvalue weighted by Gasteiger charge is -2.12. The molecule has 3 aromatic rings. The minimum atomic E-state index is 0.595. The maximum absolute atomic E-state index is 6.13. The van der Waals surface area contributed by atoms with Crippen LogP contribution in [0.2, 0.25) is 0 Å². The van der Waals surface area contributed by atoms with E-state index in [1.807, 2.05) is 32.0 Å². The molecule has 0 amide bonds. The van der Waals surface area contributed by atoms with Crippen molar-refractivity contribution in [1.82, 2.24) is 9.88 Å². The fourth-order valence-corrected chi connectivity index (χ4v) is 2.82. The van der Waals surface area contributed by atoms with Gasteiger partial charge in [0.05, 0.1) is 5.52 Å². The van der Waals surface area contributed by atoms with Crippen LogP contribution in [0.15, 0.2) is 48.7 Å². The molecule has 1 heterocycles. The van der Waals surface area contributed by atoms with Gasteiger partial charge < -0.3 is 14.6 Å². The van der Waals surface area contributed by atoms with Crippen molar-refractivity contribution in [2.24, 2.45) is 0 Å². The van der Waals surface area contributed by atoms with Gasteiger partial charge >= 0.3 is 0 Å². The van der Waals surface area contributed by atoms with Gasteiger partial charge in [0.2, 0.25) is 0 Å². The molecule has 1 N–H and O–H groups in total. The van der Waals surface area contributed by atoms with Crippen LogP contribution < -0.4 is 4.74 Å². The van der Waals surface area contributed by atoms with Crippen LogP contribution in [0, 0.1) is 6.92 Å². The fourth-order valence-electron chi connectivity index (χ4n) is 2.82. The molecular formula is C22H30N2O. The van der Waals surface area contributed by atoms with Crippen molar-refractivity contribution in [3.8, 4) is 5.75 Å². The van der Waals surface area contributed by atoms with Crippen LogP contribution in [-0.2, 0) is 13.0 Å². The Morgan fingerprint density at radius 1 is 1.00 bits per heavy atom. The lowest BCUT2D eigenvalue weighted by molar-refractivity contribution is 0.310. The first-order valence-corrected chi connectivity index (χ1v) is 9.06. The zero-order chi connectivity index (χ0) is 18.2. The van der Waals surface area contributed by atoms with E-state index in [4.69, 9.17) is 4.74 Å². The maximum Gasteiger partial charge on any atom is 0.129 e. The molecule has 25 heavy (non-hydrogen) atoms. The number of aryl methyl sites for hydroxylation is 1. The molecule has 3 rings (SSSR count). The third kappa shape index (κ3) is 4.86. The highest BCUT2D eigenvalue weighted by molar-refractivity contribution is 5.91. The molecule has 2 aromatic carbocycles. The molecule has 0 atom stereocenters. The quantitative estimate of drug-likeness (QED) is 0.670. The minimum absolute atomic E-state index is 0.595. The summed E-state index contributed by atoms with van der Waals surface area (Å²) in [6.45, 7) is 7.76. The number of likely N-dealkylation sites (N-methyl/N-ethyl adjacent to an activating group) is 1. The maximum atomic E-state index is 6.13. The van der Waals surface area contributed by atoms with Crippen LogP contribution in [0.25, 0.3) is 10.9 Å². The fraction of sp³-hybridized carbons (Fsp3) is 0.364. The molecule has 1 aromatic heterocycles. The van der Waals surface area contributed by atoms with Gasteiger partial charge in [-0.3, -0.25) is 0 Å². The normalized spacial score (nSPS) is 10.6. The number of rotatable bonds is 6. The van der Waals surface area contributed by atoms with Crippen LogP contribution in [0.4, 0.5) is 0 Å². The zero-order valence-electron chi connectivity index (χ0n) is 16.1. The van der Waals surface area contributed by atoms with Crippen LogP contribution in [0.3, 0.4) is 0 Å². The molecule has 0 aliphatic rings. The van der Waals surface area contributed by atoms with E-state index in [1.54, 1.807) is 0 Å². The number of hydrogen-bond donors (Lipinski definition) is 1. The number of hydrogen-bond acceptors (Lipinski definition) is 2. The summed E-state index contributed by atoms with van der Waals surface area (Å²) in [6, 6.07) is 14.5. The first-order valence-electron chi connectivity index (χ1n) is 9.06. The predicted molar refractivity (Wildman–Crippen MR) is 107 cm³/mol. The molecule has 134 valence electrons. The molecule has 0 saturated heterocycles. The number of nitrogens with one attached hydrogen (secondary N) is 1. The Kier molecular flexibility index (Phi) is 7.08. The van der Waals surface area contributed by atoms with E-state index in [0.717, 1.165) is 18.7 Å². The lowest BCUT2D eigenvalue weighted by Crippen LogP contribution is -2.14. The number of fused-ring (bicyclic) bond motifs is 1. The van der Waals surface area contributed by atoms with Crippen molar-refractivity contribution in [2.45, 2.75) is 33.8 Å². The van der Waals surface area contributed by atoms with E-state index in [-0.39, 0.29) is 0 Å². The third-order valence-electron chi connectivity index (χ3n) is 4.15. The van der Waals surface area contributed by atoms with Crippen molar-refractivity contribution in [3.63, 3.8) is 0 Å². The predicted octanol–water partition coefficient (Wildman–Crippen LogP) is 5.19. The van der Waals surface area contributed by atoms with Crippen molar-refractivity contribution >= 4 is 10.9 Å². The topological polar surface area (TPSA) is 28.3 Å². The Balaban J connectivity index is 0.00000109. The molecule has 3 nitrogen and oxygen atoms in total. The molecule has 0 fully saturated rings.